The Bertz CT molecular complexity index is 1260. The molecule has 2 aromatic rings. The van der Waals surface area contributed by atoms with Crippen LogP contribution in [0, 0.1) is 17.6 Å². The normalized spacial score (nSPS) is 20.1. The summed E-state index contributed by atoms with van der Waals surface area (Å²) in [6, 6.07) is 6.90. The van der Waals surface area contributed by atoms with E-state index >= 15 is 0 Å². The van der Waals surface area contributed by atoms with Gasteiger partial charge in [0.2, 0.25) is 5.91 Å². The fraction of sp³-hybridized carbons (Fsp3) is 0.500. The van der Waals surface area contributed by atoms with Gasteiger partial charge >= 0.3 is 6.18 Å². The van der Waals surface area contributed by atoms with E-state index in [-0.39, 0.29) is 36.5 Å². The molecule has 0 bridgehead atoms. The average molecular weight is 602 g/mol. The molecule has 0 spiro atoms. The predicted octanol–water partition coefficient (Wildman–Crippen LogP) is 4.95. The summed E-state index contributed by atoms with van der Waals surface area (Å²) in [4.78, 5) is 29.0. The lowest BCUT2D eigenvalue weighted by Gasteiger charge is -2.41. The van der Waals surface area contributed by atoms with Crippen LogP contribution in [-0.4, -0.2) is 68.2 Å². The van der Waals surface area contributed by atoms with Crippen LogP contribution < -0.4 is 20.9 Å². The van der Waals surface area contributed by atoms with E-state index in [1.165, 1.54) is 18.2 Å². The zero-order valence-electron chi connectivity index (χ0n) is 22.6. The lowest BCUT2D eigenvalue weighted by Crippen LogP contribution is -2.52. The number of hydrogen-bond acceptors (Lipinski definition) is 5. The highest BCUT2D eigenvalue weighted by molar-refractivity contribution is 6.31. The molecule has 4 rings (SSSR count). The number of anilines is 2. The molecule has 1 unspecified atom stereocenters. The van der Waals surface area contributed by atoms with E-state index in [0.717, 1.165) is 19.0 Å². The smallest absolute Gasteiger partial charge is 0.367 e. The monoisotopic (exact) mass is 601 g/mol. The number of hydrogen-bond donors (Lipinski definition) is 3. The highest BCUT2D eigenvalue weighted by Crippen LogP contribution is 2.32. The van der Waals surface area contributed by atoms with Crippen LogP contribution in [0.3, 0.4) is 0 Å². The van der Waals surface area contributed by atoms with Crippen molar-refractivity contribution in [2.45, 2.75) is 44.9 Å². The highest BCUT2D eigenvalue weighted by atomic mass is 35.5. The minimum atomic E-state index is -4.24. The first-order chi connectivity index (χ1) is 19.4. The molecule has 2 saturated heterocycles. The van der Waals surface area contributed by atoms with Crippen molar-refractivity contribution in [3.8, 4) is 0 Å². The van der Waals surface area contributed by atoms with Crippen LogP contribution in [0.4, 0.5) is 33.3 Å². The van der Waals surface area contributed by atoms with Gasteiger partial charge in [-0.25, -0.2) is 8.78 Å². The van der Waals surface area contributed by atoms with Gasteiger partial charge in [0.15, 0.2) is 11.6 Å². The van der Waals surface area contributed by atoms with E-state index in [9.17, 15) is 31.5 Å². The van der Waals surface area contributed by atoms with Crippen LogP contribution in [0.1, 0.15) is 42.1 Å². The first kappa shape index (κ1) is 31.0. The lowest BCUT2D eigenvalue weighted by molar-refractivity contribution is -0.139. The van der Waals surface area contributed by atoms with Crippen molar-refractivity contribution in [1.29, 1.82) is 0 Å². The van der Waals surface area contributed by atoms with Gasteiger partial charge in [-0.1, -0.05) is 17.7 Å². The van der Waals surface area contributed by atoms with Gasteiger partial charge in [0.25, 0.3) is 5.91 Å². The number of carbonyl (C=O) groups excluding carboxylic acids is 2. The molecule has 0 radical (unpaired) electrons. The van der Waals surface area contributed by atoms with Gasteiger partial charge in [-0.3, -0.25) is 14.5 Å². The van der Waals surface area contributed by atoms with Crippen molar-refractivity contribution in [2.24, 2.45) is 5.92 Å². The number of amides is 2. The van der Waals surface area contributed by atoms with Gasteiger partial charge in [-0.2, -0.15) is 13.2 Å². The summed E-state index contributed by atoms with van der Waals surface area (Å²) in [6.07, 6.45) is -3.57. The molecule has 13 heteroatoms. The zero-order chi connectivity index (χ0) is 29.7. The number of piperidine rings is 1. The van der Waals surface area contributed by atoms with Crippen LogP contribution in [0.2, 0.25) is 5.02 Å². The zero-order valence-corrected chi connectivity index (χ0v) is 23.3. The van der Waals surface area contributed by atoms with Crippen LogP contribution in [0.5, 0.6) is 0 Å². The lowest BCUT2D eigenvalue weighted by atomic mass is 9.98. The Balaban J connectivity index is 1.43. The predicted molar refractivity (Wildman–Crippen MR) is 147 cm³/mol. The molecule has 2 amide bonds. The van der Waals surface area contributed by atoms with Crippen LogP contribution in [0.15, 0.2) is 30.3 Å². The third-order valence-corrected chi connectivity index (χ3v) is 7.76. The molecule has 0 aliphatic carbocycles. The maximum Gasteiger partial charge on any atom is 0.390 e. The summed E-state index contributed by atoms with van der Waals surface area (Å²) in [5, 5.41) is 8.75. The largest absolute Gasteiger partial charge is 0.390 e. The first-order valence-electron chi connectivity index (χ1n) is 13.5. The Morgan fingerprint density at radius 2 is 1.90 bits per heavy atom. The fourth-order valence-corrected chi connectivity index (χ4v) is 5.35. The summed E-state index contributed by atoms with van der Waals surface area (Å²) in [5.74, 6) is -3.92. The Labute approximate surface area is 240 Å². The molecule has 41 heavy (non-hydrogen) atoms. The third kappa shape index (κ3) is 8.08. The molecule has 2 atom stereocenters. The number of nitrogens with one attached hydrogen (secondary N) is 3. The van der Waals surface area contributed by atoms with E-state index in [1.807, 2.05) is 11.8 Å². The second-order valence-corrected chi connectivity index (χ2v) is 10.9. The molecular formula is C28H33ClF5N5O2. The quantitative estimate of drug-likeness (QED) is 0.374. The van der Waals surface area contributed by atoms with E-state index in [4.69, 9.17) is 11.6 Å². The van der Waals surface area contributed by atoms with Gasteiger partial charge in [-0.05, 0) is 50.6 Å². The number of rotatable bonds is 8. The molecule has 2 aromatic carbocycles. The Morgan fingerprint density at radius 1 is 1.12 bits per heavy atom. The van der Waals surface area contributed by atoms with E-state index in [0.29, 0.717) is 49.0 Å². The van der Waals surface area contributed by atoms with Crippen molar-refractivity contribution in [3.05, 3.63) is 58.1 Å². The summed E-state index contributed by atoms with van der Waals surface area (Å²) in [6.45, 7) is 3.99. The SMILES string of the molecule is C[C@H]1CN(c2cc(Cl)ccc2NC(=O)c2ccc(CNC(=O)C3CCCNC3)c(F)c2F)CCN1CCC(F)(F)F. The Hall–Kier alpha value is -2.96. The summed E-state index contributed by atoms with van der Waals surface area (Å²) >= 11 is 6.20. The minimum Gasteiger partial charge on any atom is -0.367 e. The third-order valence-electron chi connectivity index (χ3n) is 7.52. The molecule has 224 valence electrons. The molecule has 0 saturated carbocycles. The number of alkyl halides is 3. The van der Waals surface area contributed by atoms with Gasteiger partial charge in [0, 0.05) is 55.9 Å². The number of nitrogens with zero attached hydrogens (tertiary/aromatic N) is 2. The van der Waals surface area contributed by atoms with Gasteiger partial charge in [0.1, 0.15) is 0 Å². The molecular weight excluding hydrogens is 569 g/mol. The van der Waals surface area contributed by atoms with Crippen molar-refractivity contribution >= 4 is 34.8 Å². The first-order valence-corrected chi connectivity index (χ1v) is 13.9. The van der Waals surface area contributed by atoms with Crippen molar-refractivity contribution in [2.75, 3.05) is 49.5 Å². The molecule has 0 aromatic heterocycles. The maximum atomic E-state index is 15.0. The van der Waals surface area contributed by atoms with Gasteiger partial charge in [-0.15, -0.1) is 0 Å². The van der Waals surface area contributed by atoms with E-state index < -0.39 is 35.7 Å². The molecule has 3 N–H and O–H groups in total. The standard InChI is InChI=1S/C28H33ClF5N5O2/c1-17-16-39(12-11-38(17)10-8-28(32,33)34)23-13-20(29)5-7-22(23)37-27(41)21-6-4-18(24(30)25(21)31)15-36-26(40)19-3-2-9-35-14-19/h4-7,13,17,19,35H,2-3,8-12,14-16H2,1H3,(H,36,40)(H,37,41)/t17-,19?/m0/s1. The fourth-order valence-electron chi connectivity index (χ4n) is 5.18. The van der Waals surface area contributed by atoms with Gasteiger partial charge in [0.05, 0.1) is 29.3 Å². The second-order valence-electron chi connectivity index (χ2n) is 10.5. The van der Waals surface area contributed by atoms with E-state index in [1.54, 1.807) is 11.0 Å². The van der Waals surface area contributed by atoms with Gasteiger partial charge < -0.3 is 20.9 Å². The number of piperazine rings is 1. The van der Waals surface area contributed by atoms with E-state index in [2.05, 4.69) is 16.0 Å². The molecule has 2 aliphatic rings. The van der Waals surface area contributed by atoms with Crippen LogP contribution >= 0.6 is 11.6 Å². The van der Waals surface area contributed by atoms with Crippen LogP contribution in [0.25, 0.3) is 0 Å². The van der Waals surface area contributed by atoms with Crippen LogP contribution in [-0.2, 0) is 11.3 Å². The molecule has 2 aliphatic heterocycles. The molecule has 2 heterocycles. The van der Waals surface area contributed by atoms with Crippen molar-refractivity contribution in [3.63, 3.8) is 0 Å². The Kier molecular flexibility index (Phi) is 10.1. The highest BCUT2D eigenvalue weighted by Gasteiger charge is 2.32. The van der Waals surface area contributed by atoms with Crippen molar-refractivity contribution < 1.29 is 31.5 Å². The number of carbonyl (C=O) groups is 2. The summed E-state index contributed by atoms with van der Waals surface area (Å²) < 4.78 is 67.9. The number of halogens is 6. The summed E-state index contributed by atoms with van der Waals surface area (Å²) in [7, 11) is 0. The number of benzene rings is 2. The minimum absolute atomic E-state index is 0.0827. The maximum absolute atomic E-state index is 15.0. The van der Waals surface area contributed by atoms with Crippen molar-refractivity contribution in [1.82, 2.24) is 15.5 Å². The molecule has 7 nitrogen and oxygen atoms in total. The topological polar surface area (TPSA) is 76.7 Å². The summed E-state index contributed by atoms with van der Waals surface area (Å²) in [5.41, 5.74) is 0.221. The average Bonchev–Trinajstić information content (AvgIpc) is 2.93. The second kappa shape index (κ2) is 13.3. The Morgan fingerprint density at radius 3 is 2.59 bits per heavy atom. The molecule has 2 fully saturated rings.